The van der Waals surface area contributed by atoms with Gasteiger partial charge in [-0.2, -0.15) is 0 Å². The van der Waals surface area contributed by atoms with Gasteiger partial charge in [-0.05, 0) is 65.1 Å². The highest BCUT2D eigenvalue weighted by atomic mass is 16.4. The quantitative estimate of drug-likeness (QED) is 0.420. The number of carbonyl (C=O) groups excluding carboxylic acids is 1. The monoisotopic (exact) mass is 408 g/mol. The summed E-state index contributed by atoms with van der Waals surface area (Å²) in [7, 11) is 0. The minimum atomic E-state index is -0.800. The van der Waals surface area contributed by atoms with Crippen molar-refractivity contribution in [1.29, 1.82) is 0 Å². The third-order valence-corrected chi connectivity index (χ3v) is 5.83. The van der Waals surface area contributed by atoms with Crippen LogP contribution in [-0.4, -0.2) is 16.9 Å². The summed E-state index contributed by atoms with van der Waals surface area (Å²) in [5.41, 5.74) is 6.19. The molecule has 1 atom stereocenters. The third-order valence-electron chi connectivity index (χ3n) is 5.83. The van der Waals surface area contributed by atoms with Crippen LogP contribution in [0, 0.1) is 0 Å². The van der Waals surface area contributed by atoms with E-state index in [9.17, 15) is 14.7 Å². The number of ketones is 1. The fraction of sp³-hybridized carbons (Fsp3) is 0.481. The molecule has 0 saturated carbocycles. The van der Waals surface area contributed by atoms with Gasteiger partial charge < -0.3 is 5.11 Å². The Hall–Kier alpha value is -2.42. The number of hydrogen-bond donors (Lipinski definition) is 1. The number of aryl methyl sites for hydroxylation is 2. The molecule has 0 aromatic heterocycles. The van der Waals surface area contributed by atoms with Crippen molar-refractivity contribution in [3.63, 3.8) is 0 Å². The Kier molecular flexibility index (Phi) is 8.83. The number of carboxylic acid groups (broad SMARTS) is 1. The number of benzene rings is 2. The van der Waals surface area contributed by atoms with Crippen LogP contribution in [0.5, 0.6) is 0 Å². The molecule has 3 heteroatoms. The molecular formula is C27H36O3. The van der Waals surface area contributed by atoms with Crippen molar-refractivity contribution < 1.29 is 14.7 Å². The van der Waals surface area contributed by atoms with Crippen LogP contribution in [0.1, 0.15) is 104 Å². The van der Waals surface area contributed by atoms with E-state index in [0.29, 0.717) is 18.8 Å². The predicted octanol–water partition coefficient (Wildman–Crippen LogP) is 6.72. The molecule has 0 fully saturated rings. The Labute approximate surface area is 181 Å². The average molecular weight is 409 g/mol. The predicted molar refractivity (Wildman–Crippen MR) is 124 cm³/mol. The van der Waals surface area contributed by atoms with Gasteiger partial charge in [0.25, 0.3) is 0 Å². The lowest BCUT2D eigenvalue weighted by molar-refractivity contribution is -0.138. The van der Waals surface area contributed by atoms with Crippen molar-refractivity contribution in [2.75, 3.05) is 0 Å². The number of Topliss-reactive ketones (excluding diaryl/α,β-unsaturated/α-hetero) is 1. The minimum Gasteiger partial charge on any atom is -0.481 e. The van der Waals surface area contributed by atoms with Crippen LogP contribution in [0.4, 0.5) is 0 Å². The van der Waals surface area contributed by atoms with E-state index in [0.717, 1.165) is 53.5 Å². The molecule has 162 valence electrons. The topological polar surface area (TPSA) is 54.4 Å². The highest BCUT2D eigenvalue weighted by Gasteiger charge is 2.24. The van der Waals surface area contributed by atoms with E-state index in [1.54, 1.807) is 0 Å². The molecule has 0 radical (unpaired) electrons. The van der Waals surface area contributed by atoms with E-state index in [1.165, 1.54) is 5.56 Å². The lowest BCUT2D eigenvalue weighted by Crippen LogP contribution is -2.17. The largest absolute Gasteiger partial charge is 0.481 e. The molecule has 0 aliphatic carbocycles. The van der Waals surface area contributed by atoms with Crippen molar-refractivity contribution in [1.82, 2.24) is 0 Å². The molecule has 0 bridgehead atoms. The van der Waals surface area contributed by atoms with Crippen molar-refractivity contribution in [3.8, 4) is 0 Å². The van der Waals surface area contributed by atoms with Gasteiger partial charge in [0.2, 0.25) is 0 Å². The van der Waals surface area contributed by atoms with Crippen LogP contribution in [0.3, 0.4) is 0 Å². The highest BCUT2D eigenvalue weighted by molar-refractivity contribution is 5.96. The van der Waals surface area contributed by atoms with Gasteiger partial charge in [-0.1, -0.05) is 71.7 Å². The fourth-order valence-electron chi connectivity index (χ4n) is 4.07. The van der Waals surface area contributed by atoms with Crippen LogP contribution in [0.15, 0.2) is 36.4 Å². The minimum absolute atomic E-state index is 0.148. The molecule has 2 aromatic rings. The van der Waals surface area contributed by atoms with Crippen molar-refractivity contribution in [3.05, 3.63) is 69.8 Å². The smallest absolute Gasteiger partial charge is 0.311 e. The third kappa shape index (κ3) is 5.81. The Morgan fingerprint density at radius 3 is 1.77 bits per heavy atom. The van der Waals surface area contributed by atoms with Crippen molar-refractivity contribution in [2.45, 2.75) is 85.0 Å². The molecule has 0 aliphatic heterocycles. The molecule has 30 heavy (non-hydrogen) atoms. The van der Waals surface area contributed by atoms with E-state index in [-0.39, 0.29) is 5.78 Å². The molecule has 0 spiro atoms. The SMILES string of the molecule is CCCc1cc(C(=O)CC)cc(CCC)c1CC(C(=O)O)c1ccc(C(C)C)cc1. The summed E-state index contributed by atoms with van der Waals surface area (Å²) in [6, 6.07) is 12.0. The Balaban J connectivity index is 2.52. The summed E-state index contributed by atoms with van der Waals surface area (Å²) < 4.78 is 0. The van der Waals surface area contributed by atoms with Gasteiger partial charge in [-0.15, -0.1) is 0 Å². The van der Waals surface area contributed by atoms with Crippen molar-refractivity contribution >= 4 is 11.8 Å². The first-order chi connectivity index (χ1) is 14.3. The zero-order chi connectivity index (χ0) is 22.3. The van der Waals surface area contributed by atoms with Gasteiger partial charge in [0, 0.05) is 12.0 Å². The van der Waals surface area contributed by atoms with Gasteiger partial charge >= 0.3 is 5.97 Å². The molecule has 0 heterocycles. The molecular weight excluding hydrogens is 372 g/mol. The number of carboxylic acids is 1. The lowest BCUT2D eigenvalue weighted by Gasteiger charge is -2.21. The first-order valence-electron chi connectivity index (χ1n) is 11.3. The van der Waals surface area contributed by atoms with Crippen LogP contribution in [0.2, 0.25) is 0 Å². The zero-order valence-corrected chi connectivity index (χ0v) is 19.1. The molecule has 2 rings (SSSR count). The van der Waals surface area contributed by atoms with Crippen LogP contribution in [-0.2, 0) is 24.1 Å². The van der Waals surface area contributed by atoms with Gasteiger partial charge in [0.05, 0.1) is 5.92 Å². The van der Waals surface area contributed by atoms with Gasteiger partial charge in [0.1, 0.15) is 0 Å². The van der Waals surface area contributed by atoms with E-state index >= 15 is 0 Å². The second kappa shape index (κ2) is 11.1. The molecule has 0 aliphatic rings. The lowest BCUT2D eigenvalue weighted by atomic mass is 9.83. The number of carbonyl (C=O) groups is 2. The Morgan fingerprint density at radius 2 is 1.37 bits per heavy atom. The molecule has 1 N–H and O–H groups in total. The average Bonchev–Trinajstić information content (AvgIpc) is 2.72. The molecule has 2 aromatic carbocycles. The maximum Gasteiger partial charge on any atom is 0.311 e. The van der Waals surface area contributed by atoms with Crippen LogP contribution >= 0.6 is 0 Å². The van der Waals surface area contributed by atoms with Gasteiger partial charge in [-0.25, -0.2) is 0 Å². The molecule has 3 nitrogen and oxygen atoms in total. The van der Waals surface area contributed by atoms with Gasteiger partial charge in [0.15, 0.2) is 5.78 Å². The first-order valence-corrected chi connectivity index (χ1v) is 11.3. The van der Waals surface area contributed by atoms with E-state index in [2.05, 4.69) is 27.7 Å². The maximum absolute atomic E-state index is 12.4. The molecule has 1 unspecified atom stereocenters. The summed E-state index contributed by atoms with van der Waals surface area (Å²) in [5, 5.41) is 10.0. The zero-order valence-electron chi connectivity index (χ0n) is 19.1. The van der Waals surface area contributed by atoms with Crippen LogP contribution < -0.4 is 0 Å². The highest BCUT2D eigenvalue weighted by Crippen LogP contribution is 2.30. The first kappa shape index (κ1) is 23.9. The van der Waals surface area contributed by atoms with E-state index in [4.69, 9.17) is 0 Å². The van der Waals surface area contributed by atoms with E-state index < -0.39 is 11.9 Å². The molecule has 0 amide bonds. The Morgan fingerprint density at radius 1 is 0.867 bits per heavy atom. The second-order valence-electron chi connectivity index (χ2n) is 8.47. The Bertz CT molecular complexity index is 835. The summed E-state index contributed by atoms with van der Waals surface area (Å²) >= 11 is 0. The summed E-state index contributed by atoms with van der Waals surface area (Å²) in [6.07, 6.45) is 4.58. The van der Waals surface area contributed by atoms with Crippen LogP contribution in [0.25, 0.3) is 0 Å². The normalized spacial score (nSPS) is 12.2. The number of rotatable bonds is 11. The fourth-order valence-corrected chi connectivity index (χ4v) is 4.07. The number of hydrogen-bond acceptors (Lipinski definition) is 2. The summed E-state index contributed by atoms with van der Waals surface area (Å²) in [6.45, 7) is 10.4. The molecule has 0 saturated heterocycles. The van der Waals surface area contributed by atoms with Crippen molar-refractivity contribution in [2.24, 2.45) is 0 Å². The summed E-state index contributed by atoms with van der Waals surface area (Å²) in [4.78, 5) is 24.6. The maximum atomic E-state index is 12.4. The second-order valence-corrected chi connectivity index (χ2v) is 8.47. The number of aliphatic carboxylic acids is 1. The standard InChI is InChI=1S/C27H36O3/c1-6-9-21-15-23(26(28)8-3)16-22(10-7-2)24(21)17-25(27(29)30)20-13-11-19(12-14-20)18(4)5/h11-16,18,25H,6-10,17H2,1-5H3,(H,29,30). The van der Waals surface area contributed by atoms with Gasteiger partial charge in [-0.3, -0.25) is 9.59 Å². The van der Waals surface area contributed by atoms with E-state index in [1.807, 2.05) is 43.3 Å². The summed E-state index contributed by atoms with van der Waals surface area (Å²) in [5.74, 6) is -0.829.